The minimum absolute atomic E-state index is 0. The second kappa shape index (κ2) is 11.5. The molecule has 1 amide bonds. The van der Waals surface area contributed by atoms with E-state index in [1.165, 1.54) is 0 Å². The number of carbonyl (C=O) groups is 1. The molecule has 0 aliphatic carbocycles. The Kier molecular flexibility index (Phi) is 9.37. The molecule has 2 aromatic rings. The Bertz CT molecular complexity index is 899. The summed E-state index contributed by atoms with van der Waals surface area (Å²) in [5.74, 6) is 1.02. The molecule has 0 saturated carbocycles. The van der Waals surface area contributed by atoms with Crippen LogP contribution in [0.1, 0.15) is 50.2 Å². The molecule has 32 heavy (non-hydrogen) atoms. The van der Waals surface area contributed by atoms with Crippen molar-refractivity contribution in [2.45, 2.75) is 51.7 Å². The predicted octanol–water partition coefficient (Wildman–Crippen LogP) is 5.81. The number of aromatic nitrogens is 1. The molecule has 1 aliphatic heterocycles. The zero-order valence-electron chi connectivity index (χ0n) is 18.4. The van der Waals surface area contributed by atoms with E-state index in [1.54, 1.807) is 40.5 Å². The summed E-state index contributed by atoms with van der Waals surface area (Å²) in [6.07, 6.45) is 2.47. The third kappa shape index (κ3) is 7.12. The molecule has 11 heteroatoms. The Balaban J connectivity index is 0.00000363. The first-order valence-electron chi connectivity index (χ1n) is 10.1. The summed E-state index contributed by atoms with van der Waals surface area (Å²) in [6.45, 7) is 7.35. The fourth-order valence-electron chi connectivity index (χ4n) is 3.23. The van der Waals surface area contributed by atoms with Gasteiger partial charge in [0.15, 0.2) is 0 Å². The molecular formula is C21H29IN6O3S. The van der Waals surface area contributed by atoms with Gasteiger partial charge < -0.3 is 14.4 Å². The lowest BCUT2D eigenvalue weighted by molar-refractivity contribution is 0.0204. The molecule has 3 rings (SSSR count). The quantitative estimate of drug-likeness (QED) is 0.143. The SMILES string of the molecule is CC(C)(C)OC(=O)N1CCC(c2nc(COc3ccc(N(C=N)N=N)cc3)cs2)CC1.I. The van der Waals surface area contributed by atoms with Crippen LogP contribution in [-0.4, -0.2) is 41.0 Å². The standard InChI is InChI=1S/C21H28N6O3S.HI/c1-21(2,3)30-20(28)26-10-8-15(9-11-26)19-24-16(13-31-19)12-29-18-6-4-17(5-7-18)27(14-22)25-23;/h4-7,13-15,22-23H,8-12H2,1-3H3;1H. The number of halogens is 1. The molecule has 174 valence electrons. The van der Waals surface area contributed by atoms with E-state index in [1.807, 2.05) is 26.2 Å². The molecule has 1 fully saturated rings. The summed E-state index contributed by atoms with van der Waals surface area (Å²) >= 11 is 1.63. The zero-order chi connectivity index (χ0) is 22.4. The maximum atomic E-state index is 12.2. The highest BCUT2D eigenvalue weighted by molar-refractivity contribution is 14.0. The first kappa shape index (κ1) is 26.0. The number of hydrogen-bond donors (Lipinski definition) is 2. The first-order valence-corrected chi connectivity index (χ1v) is 11.0. The summed E-state index contributed by atoms with van der Waals surface area (Å²) in [5.41, 5.74) is 8.05. The van der Waals surface area contributed by atoms with Gasteiger partial charge in [0.2, 0.25) is 0 Å². The monoisotopic (exact) mass is 572 g/mol. The molecule has 9 nitrogen and oxygen atoms in total. The van der Waals surface area contributed by atoms with Crippen molar-refractivity contribution in [1.29, 1.82) is 10.9 Å². The van der Waals surface area contributed by atoms with E-state index in [0.29, 0.717) is 37.1 Å². The van der Waals surface area contributed by atoms with Crippen molar-refractivity contribution in [2.24, 2.45) is 5.22 Å². The van der Waals surface area contributed by atoms with Gasteiger partial charge in [0.1, 0.15) is 24.3 Å². The molecule has 0 bridgehead atoms. The highest BCUT2D eigenvalue weighted by Gasteiger charge is 2.28. The highest BCUT2D eigenvalue weighted by atomic mass is 127. The van der Waals surface area contributed by atoms with Crippen LogP contribution < -0.4 is 9.75 Å². The highest BCUT2D eigenvalue weighted by Crippen LogP contribution is 2.31. The number of anilines is 1. The molecule has 1 aromatic heterocycles. The van der Waals surface area contributed by atoms with Gasteiger partial charge in [-0.15, -0.1) is 35.3 Å². The van der Waals surface area contributed by atoms with Gasteiger partial charge in [-0.3, -0.25) is 5.41 Å². The maximum Gasteiger partial charge on any atom is 0.410 e. The number of hydrogen-bond acceptors (Lipinski definition) is 8. The molecule has 2 N–H and O–H groups in total. The van der Waals surface area contributed by atoms with E-state index in [2.05, 4.69) is 5.22 Å². The van der Waals surface area contributed by atoms with Gasteiger partial charge in [-0.2, -0.15) is 5.53 Å². The van der Waals surface area contributed by atoms with Crippen molar-refractivity contribution in [3.05, 3.63) is 40.3 Å². The van der Waals surface area contributed by atoms with E-state index in [0.717, 1.165) is 34.9 Å². The molecule has 0 spiro atoms. The van der Waals surface area contributed by atoms with E-state index in [9.17, 15) is 4.79 Å². The largest absolute Gasteiger partial charge is 0.487 e. The number of piperidine rings is 1. The number of benzene rings is 1. The second-order valence-corrected chi connectivity index (χ2v) is 9.16. The number of likely N-dealkylation sites (tertiary alicyclic amines) is 1. The van der Waals surface area contributed by atoms with Gasteiger partial charge in [0.25, 0.3) is 0 Å². The zero-order valence-corrected chi connectivity index (χ0v) is 21.6. The van der Waals surface area contributed by atoms with Crippen molar-refractivity contribution < 1.29 is 14.3 Å². The van der Waals surface area contributed by atoms with Crippen LogP contribution in [0.2, 0.25) is 0 Å². The van der Waals surface area contributed by atoms with Gasteiger partial charge in [-0.05, 0) is 57.9 Å². The third-order valence-corrected chi connectivity index (χ3v) is 5.84. The molecule has 2 heterocycles. The Morgan fingerprint density at radius 1 is 1.31 bits per heavy atom. The normalized spacial score (nSPS) is 14.3. The smallest absolute Gasteiger partial charge is 0.410 e. The van der Waals surface area contributed by atoms with E-state index < -0.39 is 5.60 Å². The molecule has 0 unspecified atom stereocenters. The molecular weight excluding hydrogens is 543 g/mol. The van der Waals surface area contributed by atoms with Crippen LogP contribution in [0, 0.1) is 10.9 Å². The lowest BCUT2D eigenvalue weighted by atomic mass is 9.98. The Morgan fingerprint density at radius 3 is 2.53 bits per heavy atom. The van der Waals surface area contributed by atoms with Crippen LogP contribution in [0.15, 0.2) is 34.9 Å². The number of ether oxygens (including phenoxy) is 2. The summed E-state index contributed by atoms with van der Waals surface area (Å²) < 4.78 is 11.3. The van der Waals surface area contributed by atoms with Crippen molar-refractivity contribution in [3.8, 4) is 5.75 Å². The summed E-state index contributed by atoms with van der Waals surface area (Å²) in [7, 11) is 0. The van der Waals surface area contributed by atoms with E-state index in [4.69, 9.17) is 25.4 Å². The topological polar surface area (TPSA) is 115 Å². The van der Waals surface area contributed by atoms with Crippen LogP contribution in [0.5, 0.6) is 5.75 Å². The Hall–Kier alpha value is -2.28. The van der Waals surface area contributed by atoms with Gasteiger partial charge >= 0.3 is 6.09 Å². The predicted molar refractivity (Wildman–Crippen MR) is 134 cm³/mol. The lowest BCUT2D eigenvalue weighted by Gasteiger charge is -2.32. The summed E-state index contributed by atoms with van der Waals surface area (Å²) in [4.78, 5) is 18.7. The van der Waals surface area contributed by atoms with Crippen LogP contribution in [-0.2, 0) is 11.3 Å². The molecule has 1 aliphatic rings. The van der Waals surface area contributed by atoms with Gasteiger partial charge in [0.05, 0.1) is 16.4 Å². The molecule has 0 atom stereocenters. The average molecular weight is 572 g/mol. The van der Waals surface area contributed by atoms with Gasteiger partial charge in [-0.1, -0.05) is 5.22 Å². The van der Waals surface area contributed by atoms with Crippen molar-refractivity contribution in [1.82, 2.24) is 9.88 Å². The van der Waals surface area contributed by atoms with Crippen molar-refractivity contribution in [3.63, 3.8) is 0 Å². The second-order valence-electron chi connectivity index (χ2n) is 8.27. The molecule has 1 saturated heterocycles. The fraction of sp³-hybridized carbons (Fsp3) is 0.476. The van der Waals surface area contributed by atoms with E-state index >= 15 is 0 Å². The average Bonchev–Trinajstić information content (AvgIpc) is 3.22. The van der Waals surface area contributed by atoms with Crippen LogP contribution in [0.25, 0.3) is 0 Å². The maximum absolute atomic E-state index is 12.2. The first-order chi connectivity index (χ1) is 14.8. The molecule has 0 radical (unpaired) electrons. The van der Waals surface area contributed by atoms with Crippen LogP contribution >= 0.6 is 35.3 Å². The Morgan fingerprint density at radius 2 is 1.97 bits per heavy atom. The molecule has 1 aromatic carbocycles. The summed E-state index contributed by atoms with van der Waals surface area (Å²) in [6, 6.07) is 7.03. The number of nitrogens with zero attached hydrogens (tertiary/aromatic N) is 4. The lowest BCUT2D eigenvalue weighted by Crippen LogP contribution is -2.41. The van der Waals surface area contributed by atoms with Gasteiger partial charge in [-0.25, -0.2) is 14.8 Å². The number of nitrogens with one attached hydrogen (secondary N) is 2. The van der Waals surface area contributed by atoms with E-state index in [-0.39, 0.29) is 30.1 Å². The number of rotatable bonds is 7. The number of amides is 1. The summed E-state index contributed by atoms with van der Waals surface area (Å²) in [5, 5.41) is 14.7. The minimum Gasteiger partial charge on any atom is -0.487 e. The third-order valence-electron chi connectivity index (χ3n) is 4.78. The minimum atomic E-state index is -0.477. The van der Waals surface area contributed by atoms with Gasteiger partial charge in [0, 0.05) is 24.4 Å². The fourth-order valence-corrected chi connectivity index (χ4v) is 4.20. The van der Waals surface area contributed by atoms with Crippen LogP contribution in [0.4, 0.5) is 10.5 Å². The number of thiazole rings is 1. The number of carbonyl (C=O) groups excluding carboxylic acids is 1. The van der Waals surface area contributed by atoms with Crippen molar-refractivity contribution in [2.75, 3.05) is 18.1 Å². The Labute approximate surface area is 209 Å². The van der Waals surface area contributed by atoms with Crippen molar-refractivity contribution >= 4 is 53.4 Å². The van der Waals surface area contributed by atoms with Crippen LogP contribution in [0.3, 0.4) is 0 Å².